The summed E-state index contributed by atoms with van der Waals surface area (Å²) in [6, 6.07) is 13.3. The van der Waals surface area contributed by atoms with E-state index in [0.29, 0.717) is 5.56 Å². The van der Waals surface area contributed by atoms with Gasteiger partial charge in [-0.2, -0.15) is 0 Å². The Labute approximate surface area is 139 Å². The lowest BCUT2D eigenvalue weighted by Crippen LogP contribution is -2.28. The average molecular weight is 323 g/mol. The van der Waals surface area contributed by atoms with Crippen molar-refractivity contribution in [2.75, 3.05) is 5.73 Å². The molecule has 23 heavy (non-hydrogen) atoms. The molecule has 2 N–H and O–H groups in total. The number of carbonyl (C=O) groups excluding carboxylic acids is 1. The zero-order chi connectivity index (χ0) is 16.4. The molecule has 0 atom stereocenters. The number of thioether (sulfide) groups is 1. The molecule has 0 unspecified atom stereocenters. The topological polar surface area (TPSA) is 68.9 Å². The van der Waals surface area contributed by atoms with Crippen LogP contribution in [0.1, 0.15) is 24.2 Å². The van der Waals surface area contributed by atoms with Crippen LogP contribution in [0.3, 0.4) is 0 Å². The number of hydrogen-bond donors (Lipinski definition) is 1. The second kappa shape index (κ2) is 6.01. The fourth-order valence-electron chi connectivity index (χ4n) is 2.41. The first-order valence-electron chi connectivity index (χ1n) is 7.27. The Bertz CT molecular complexity index is 872. The van der Waals surface area contributed by atoms with Crippen molar-refractivity contribution in [1.29, 1.82) is 0 Å². The summed E-state index contributed by atoms with van der Waals surface area (Å²) in [5, 5.41) is 1.04. The highest BCUT2D eigenvalue weighted by Gasteiger charge is 2.32. The van der Waals surface area contributed by atoms with E-state index in [1.807, 2.05) is 44.2 Å². The number of pyridine rings is 2. The molecule has 0 saturated carbocycles. The summed E-state index contributed by atoms with van der Waals surface area (Å²) < 4.78 is -0.665. The number of nitrogens with zero attached hydrogens (tertiary/aromatic N) is 2. The Morgan fingerprint density at radius 1 is 1.04 bits per heavy atom. The Kier molecular flexibility index (Phi) is 4.05. The maximum atomic E-state index is 12.9. The van der Waals surface area contributed by atoms with Crippen LogP contribution in [0.25, 0.3) is 10.9 Å². The summed E-state index contributed by atoms with van der Waals surface area (Å²) in [7, 11) is 0. The van der Waals surface area contributed by atoms with Gasteiger partial charge in [0.15, 0.2) is 5.78 Å². The van der Waals surface area contributed by atoms with Crippen LogP contribution in [0, 0.1) is 0 Å². The number of para-hydroxylation sites is 1. The van der Waals surface area contributed by atoms with E-state index in [1.165, 1.54) is 11.8 Å². The number of hydrogen-bond acceptors (Lipinski definition) is 5. The third-order valence-corrected chi connectivity index (χ3v) is 4.88. The molecule has 0 fully saturated rings. The maximum absolute atomic E-state index is 12.9. The number of benzene rings is 1. The predicted molar refractivity (Wildman–Crippen MR) is 94.7 cm³/mol. The minimum absolute atomic E-state index is 0.0333. The highest BCUT2D eigenvalue weighted by atomic mass is 32.2. The van der Waals surface area contributed by atoms with Crippen LogP contribution in [0.5, 0.6) is 0 Å². The van der Waals surface area contributed by atoms with E-state index in [1.54, 1.807) is 24.5 Å². The normalized spacial score (nSPS) is 11.6. The third kappa shape index (κ3) is 3.05. The van der Waals surface area contributed by atoms with E-state index in [0.717, 1.165) is 15.8 Å². The van der Waals surface area contributed by atoms with E-state index in [4.69, 9.17) is 5.73 Å². The van der Waals surface area contributed by atoms with Crippen LogP contribution >= 0.6 is 11.8 Å². The lowest BCUT2D eigenvalue weighted by atomic mass is 10.0. The standard InChI is InChI=1S/C18H17N3OS/c1-18(2,16(22)13-7-5-10-21-17(13)19)23-15-9-11-20-14-8-4-3-6-12(14)15/h3-11H,1-2H3,(H2,19,21). The SMILES string of the molecule is CC(C)(Sc1ccnc2ccccc12)C(=O)c1cccnc1N. The highest BCUT2D eigenvalue weighted by Crippen LogP contribution is 2.38. The molecule has 0 bridgehead atoms. The van der Waals surface area contributed by atoms with Crippen molar-refractivity contribution in [3.63, 3.8) is 0 Å². The average Bonchev–Trinajstić information content (AvgIpc) is 2.55. The lowest BCUT2D eigenvalue weighted by Gasteiger charge is -2.23. The second-order valence-electron chi connectivity index (χ2n) is 5.70. The largest absolute Gasteiger partial charge is 0.383 e. The second-order valence-corrected chi connectivity index (χ2v) is 7.37. The first-order chi connectivity index (χ1) is 11.0. The molecule has 5 heteroatoms. The van der Waals surface area contributed by atoms with E-state index >= 15 is 0 Å². The van der Waals surface area contributed by atoms with Gasteiger partial charge < -0.3 is 5.73 Å². The minimum atomic E-state index is -0.665. The summed E-state index contributed by atoms with van der Waals surface area (Å²) in [6.45, 7) is 3.81. The fraction of sp³-hybridized carbons (Fsp3) is 0.167. The van der Waals surface area contributed by atoms with Crippen LogP contribution < -0.4 is 5.73 Å². The van der Waals surface area contributed by atoms with E-state index < -0.39 is 4.75 Å². The van der Waals surface area contributed by atoms with Gasteiger partial charge in [0.2, 0.25) is 0 Å². The van der Waals surface area contributed by atoms with Gasteiger partial charge in [0.1, 0.15) is 5.82 Å². The van der Waals surface area contributed by atoms with Crippen molar-refractivity contribution in [2.24, 2.45) is 0 Å². The van der Waals surface area contributed by atoms with Gasteiger partial charge in [0.05, 0.1) is 15.8 Å². The Morgan fingerprint density at radius 3 is 2.61 bits per heavy atom. The number of Topliss-reactive ketones (excluding diaryl/α,β-unsaturated/α-hetero) is 1. The van der Waals surface area contributed by atoms with Gasteiger partial charge in [-0.1, -0.05) is 18.2 Å². The fourth-order valence-corrected chi connectivity index (χ4v) is 3.58. The molecule has 3 aromatic rings. The molecule has 4 nitrogen and oxygen atoms in total. The number of rotatable bonds is 4. The molecule has 3 rings (SSSR count). The van der Waals surface area contributed by atoms with E-state index in [9.17, 15) is 4.79 Å². The number of carbonyl (C=O) groups is 1. The zero-order valence-corrected chi connectivity index (χ0v) is 13.8. The van der Waals surface area contributed by atoms with Crippen LogP contribution in [0.15, 0.2) is 59.8 Å². The Morgan fingerprint density at radius 2 is 1.83 bits per heavy atom. The first-order valence-corrected chi connectivity index (χ1v) is 8.09. The summed E-state index contributed by atoms with van der Waals surface area (Å²) in [4.78, 5) is 22.3. The summed E-state index contributed by atoms with van der Waals surface area (Å²) in [6.07, 6.45) is 3.35. The van der Waals surface area contributed by atoms with Gasteiger partial charge in [-0.25, -0.2) is 4.98 Å². The van der Waals surface area contributed by atoms with Crippen LogP contribution in [0.2, 0.25) is 0 Å². The number of ketones is 1. The zero-order valence-electron chi connectivity index (χ0n) is 13.0. The summed E-state index contributed by atoms with van der Waals surface area (Å²) in [5.41, 5.74) is 7.23. The van der Waals surface area contributed by atoms with Gasteiger partial charge in [0, 0.05) is 22.7 Å². The molecule has 1 aromatic carbocycles. The first kappa shape index (κ1) is 15.5. The van der Waals surface area contributed by atoms with Crippen molar-refractivity contribution >= 4 is 34.3 Å². The minimum Gasteiger partial charge on any atom is -0.383 e. The number of nitrogen functional groups attached to an aromatic ring is 1. The molecule has 2 heterocycles. The van der Waals surface area contributed by atoms with Gasteiger partial charge in [-0.05, 0) is 38.1 Å². The van der Waals surface area contributed by atoms with Crippen LogP contribution in [-0.4, -0.2) is 20.5 Å². The number of nitrogens with two attached hydrogens (primary N) is 1. The van der Waals surface area contributed by atoms with Gasteiger partial charge >= 0.3 is 0 Å². The number of aromatic nitrogens is 2. The molecule has 0 aliphatic rings. The lowest BCUT2D eigenvalue weighted by molar-refractivity contribution is 0.0958. The monoisotopic (exact) mass is 323 g/mol. The van der Waals surface area contributed by atoms with Crippen LogP contribution in [-0.2, 0) is 0 Å². The molecule has 2 aromatic heterocycles. The molecule has 0 spiro atoms. The van der Waals surface area contributed by atoms with Crippen molar-refractivity contribution in [2.45, 2.75) is 23.5 Å². The molecular formula is C18H17N3OS. The van der Waals surface area contributed by atoms with Crippen molar-refractivity contribution in [1.82, 2.24) is 9.97 Å². The Hall–Kier alpha value is -2.40. The quantitative estimate of drug-likeness (QED) is 0.581. The molecule has 0 saturated heterocycles. The molecule has 0 aliphatic heterocycles. The molecule has 0 amide bonds. The summed E-state index contributed by atoms with van der Waals surface area (Å²) >= 11 is 1.51. The Balaban J connectivity index is 1.97. The van der Waals surface area contributed by atoms with Crippen molar-refractivity contribution < 1.29 is 4.79 Å². The predicted octanol–water partition coefficient (Wildman–Crippen LogP) is 3.97. The number of anilines is 1. The highest BCUT2D eigenvalue weighted by molar-refractivity contribution is 8.01. The molecular weight excluding hydrogens is 306 g/mol. The molecule has 116 valence electrons. The molecule has 0 radical (unpaired) electrons. The summed E-state index contributed by atoms with van der Waals surface area (Å²) in [5.74, 6) is 0.236. The smallest absolute Gasteiger partial charge is 0.182 e. The van der Waals surface area contributed by atoms with E-state index in [2.05, 4.69) is 9.97 Å². The maximum Gasteiger partial charge on any atom is 0.182 e. The van der Waals surface area contributed by atoms with Crippen molar-refractivity contribution in [3.8, 4) is 0 Å². The van der Waals surface area contributed by atoms with Crippen molar-refractivity contribution in [3.05, 3.63) is 60.4 Å². The van der Waals surface area contributed by atoms with Gasteiger partial charge in [0.25, 0.3) is 0 Å². The van der Waals surface area contributed by atoms with Gasteiger partial charge in [-0.15, -0.1) is 11.8 Å². The number of fused-ring (bicyclic) bond motifs is 1. The molecule has 0 aliphatic carbocycles. The van der Waals surface area contributed by atoms with E-state index in [-0.39, 0.29) is 11.6 Å². The van der Waals surface area contributed by atoms with Crippen LogP contribution in [0.4, 0.5) is 5.82 Å². The third-order valence-electron chi connectivity index (χ3n) is 3.60. The van der Waals surface area contributed by atoms with Gasteiger partial charge in [-0.3, -0.25) is 9.78 Å².